The predicted octanol–water partition coefficient (Wildman–Crippen LogP) is 3.48. The fourth-order valence-electron chi connectivity index (χ4n) is 3.64. The van der Waals surface area contributed by atoms with Crippen molar-refractivity contribution in [1.29, 1.82) is 0 Å². The largest absolute Gasteiger partial charge is 0.330 e. The van der Waals surface area contributed by atoms with E-state index in [4.69, 9.17) is 16.6 Å². The van der Waals surface area contributed by atoms with Crippen LogP contribution in [0.25, 0.3) is 16.8 Å². The van der Waals surface area contributed by atoms with E-state index in [9.17, 15) is 4.39 Å². The first-order valence-corrected chi connectivity index (χ1v) is 9.28. The maximum absolute atomic E-state index is 13.5. The van der Waals surface area contributed by atoms with Gasteiger partial charge in [0.25, 0.3) is 0 Å². The van der Waals surface area contributed by atoms with Crippen LogP contribution in [-0.4, -0.2) is 21.1 Å². The molecule has 1 aromatic carbocycles. The summed E-state index contributed by atoms with van der Waals surface area (Å²) in [5, 5.41) is 4.77. The molecule has 6 heteroatoms. The molecule has 0 amide bonds. The lowest BCUT2D eigenvalue weighted by Crippen LogP contribution is -2.39. The van der Waals surface area contributed by atoms with Gasteiger partial charge < -0.3 is 11.5 Å². The molecule has 0 aliphatic heterocycles. The van der Waals surface area contributed by atoms with E-state index in [-0.39, 0.29) is 5.82 Å². The lowest BCUT2D eigenvalue weighted by molar-refractivity contribution is 0.468. The molecule has 0 fully saturated rings. The summed E-state index contributed by atoms with van der Waals surface area (Å²) in [7, 11) is 0. The van der Waals surface area contributed by atoms with Crippen molar-refractivity contribution in [2.24, 2.45) is 11.5 Å². The number of benzene rings is 1. The van der Waals surface area contributed by atoms with Gasteiger partial charge in [0.2, 0.25) is 0 Å². The van der Waals surface area contributed by atoms with E-state index in [0.29, 0.717) is 13.0 Å². The number of pyridine rings is 2. The normalized spacial score (nSPS) is 13.5. The minimum absolute atomic E-state index is 0.291. The van der Waals surface area contributed by atoms with Gasteiger partial charge in [-0.25, -0.2) is 8.91 Å². The van der Waals surface area contributed by atoms with Gasteiger partial charge in [0, 0.05) is 23.5 Å². The van der Waals surface area contributed by atoms with Crippen molar-refractivity contribution in [1.82, 2.24) is 14.6 Å². The van der Waals surface area contributed by atoms with Crippen LogP contribution >= 0.6 is 0 Å². The highest BCUT2D eigenvalue weighted by atomic mass is 19.1. The minimum Gasteiger partial charge on any atom is -0.330 e. The molecule has 1 unspecified atom stereocenters. The first-order chi connectivity index (χ1) is 13.6. The highest BCUT2D eigenvalue weighted by molar-refractivity contribution is 5.76. The van der Waals surface area contributed by atoms with E-state index in [1.807, 2.05) is 42.6 Å². The van der Waals surface area contributed by atoms with Crippen molar-refractivity contribution in [2.75, 3.05) is 6.54 Å². The average Bonchev–Trinajstić information content (AvgIpc) is 3.13. The summed E-state index contributed by atoms with van der Waals surface area (Å²) in [6.45, 7) is 0.525. The number of halogens is 1. The molecule has 1 atom stereocenters. The summed E-state index contributed by atoms with van der Waals surface area (Å²) >= 11 is 0. The Hall–Kier alpha value is -3.09. The number of hydrogen-bond acceptors (Lipinski definition) is 4. The summed E-state index contributed by atoms with van der Waals surface area (Å²) in [4.78, 5) is 4.55. The van der Waals surface area contributed by atoms with Crippen molar-refractivity contribution in [3.8, 4) is 11.3 Å². The monoisotopic (exact) mass is 375 g/mol. The van der Waals surface area contributed by atoms with Gasteiger partial charge in [-0.3, -0.25) is 4.98 Å². The number of nitrogens with two attached hydrogens (primary N) is 2. The fourth-order valence-corrected chi connectivity index (χ4v) is 3.64. The molecule has 0 aliphatic carbocycles. The second-order valence-electron chi connectivity index (χ2n) is 6.84. The molecule has 3 heterocycles. The molecule has 0 radical (unpaired) electrons. The summed E-state index contributed by atoms with van der Waals surface area (Å²) in [6, 6.07) is 17.9. The van der Waals surface area contributed by atoms with Gasteiger partial charge in [-0.15, -0.1) is 0 Å². The molecular formula is C22H22FN5. The molecule has 0 saturated carbocycles. The molecule has 5 nitrogen and oxygen atoms in total. The molecule has 0 aliphatic rings. The van der Waals surface area contributed by atoms with Crippen LogP contribution < -0.4 is 11.5 Å². The van der Waals surface area contributed by atoms with Crippen LogP contribution in [0.2, 0.25) is 0 Å². The second kappa shape index (κ2) is 7.50. The first kappa shape index (κ1) is 18.3. The Balaban J connectivity index is 2.01. The molecule has 4 N–H and O–H groups in total. The average molecular weight is 375 g/mol. The maximum atomic E-state index is 13.5. The van der Waals surface area contributed by atoms with Crippen molar-refractivity contribution in [3.05, 3.63) is 90.1 Å². The second-order valence-corrected chi connectivity index (χ2v) is 6.84. The van der Waals surface area contributed by atoms with Gasteiger partial charge in [0.05, 0.1) is 22.4 Å². The van der Waals surface area contributed by atoms with Gasteiger partial charge in [0.1, 0.15) is 5.82 Å². The van der Waals surface area contributed by atoms with Crippen LogP contribution in [0.5, 0.6) is 0 Å². The Labute approximate surface area is 162 Å². The quantitative estimate of drug-likeness (QED) is 0.541. The van der Waals surface area contributed by atoms with E-state index < -0.39 is 5.54 Å². The van der Waals surface area contributed by atoms with Gasteiger partial charge >= 0.3 is 0 Å². The van der Waals surface area contributed by atoms with Gasteiger partial charge in [-0.05, 0) is 67.9 Å². The van der Waals surface area contributed by atoms with E-state index in [0.717, 1.165) is 34.5 Å². The SMILES string of the molecule is NCCCC(N)(c1ccccn1)c1c(-c2ccc(F)cc2)nn2ccccc12. The highest BCUT2D eigenvalue weighted by Crippen LogP contribution is 2.39. The molecule has 28 heavy (non-hydrogen) atoms. The third-order valence-electron chi connectivity index (χ3n) is 5.00. The van der Waals surface area contributed by atoms with E-state index >= 15 is 0 Å². The molecular weight excluding hydrogens is 353 g/mol. The van der Waals surface area contributed by atoms with E-state index in [1.165, 1.54) is 12.1 Å². The van der Waals surface area contributed by atoms with Crippen LogP contribution in [0, 0.1) is 5.82 Å². The molecule has 4 rings (SSSR count). The van der Waals surface area contributed by atoms with Crippen molar-refractivity contribution in [2.45, 2.75) is 18.4 Å². The molecule has 3 aromatic heterocycles. The van der Waals surface area contributed by atoms with Crippen LogP contribution in [0.4, 0.5) is 4.39 Å². The van der Waals surface area contributed by atoms with Gasteiger partial charge in [0.15, 0.2) is 0 Å². The first-order valence-electron chi connectivity index (χ1n) is 9.28. The molecule has 0 saturated heterocycles. The standard InChI is InChI=1S/C22H22FN5/c23-17-10-8-16(9-11-17)21-20(18-6-2-4-15-28(18)27-21)22(25,12-5-13-24)19-7-1-3-14-26-19/h1-4,6-11,14-15H,5,12-13,24-25H2. The molecule has 0 bridgehead atoms. The Morgan fingerprint density at radius 3 is 2.50 bits per heavy atom. The summed E-state index contributed by atoms with van der Waals surface area (Å²) in [5.74, 6) is -0.291. The van der Waals surface area contributed by atoms with Crippen LogP contribution in [0.1, 0.15) is 24.1 Å². The Bertz CT molecular complexity index is 1080. The molecule has 0 spiro atoms. The van der Waals surface area contributed by atoms with Crippen molar-refractivity contribution < 1.29 is 4.39 Å². The lowest BCUT2D eigenvalue weighted by Gasteiger charge is -2.30. The molecule has 142 valence electrons. The van der Waals surface area contributed by atoms with E-state index in [1.54, 1.807) is 22.8 Å². The summed E-state index contributed by atoms with van der Waals surface area (Å²) in [6.07, 6.45) is 4.97. The van der Waals surface area contributed by atoms with Crippen LogP contribution in [-0.2, 0) is 5.54 Å². The zero-order valence-corrected chi connectivity index (χ0v) is 15.4. The minimum atomic E-state index is -0.881. The zero-order valence-electron chi connectivity index (χ0n) is 15.4. The number of aromatic nitrogens is 3. The predicted molar refractivity (Wildman–Crippen MR) is 108 cm³/mol. The highest BCUT2D eigenvalue weighted by Gasteiger charge is 2.36. The van der Waals surface area contributed by atoms with Crippen LogP contribution in [0.3, 0.4) is 0 Å². The number of nitrogens with zero attached hydrogens (tertiary/aromatic N) is 3. The lowest BCUT2D eigenvalue weighted by atomic mass is 9.81. The number of hydrogen-bond donors (Lipinski definition) is 2. The third kappa shape index (κ3) is 3.17. The zero-order chi connectivity index (χ0) is 19.6. The topological polar surface area (TPSA) is 82.2 Å². The van der Waals surface area contributed by atoms with Crippen molar-refractivity contribution in [3.63, 3.8) is 0 Å². The van der Waals surface area contributed by atoms with Gasteiger partial charge in [-0.1, -0.05) is 12.1 Å². The number of rotatable bonds is 6. The smallest absolute Gasteiger partial charge is 0.123 e. The third-order valence-corrected chi connectivity index (χ3v) is 5.00. The van der Waals surface area contributed by atoms with Gasteiger partial charge in [-0.2, -0.15) is 5.10 Å². The van der Waals surface area contributed by atoms with Crippen LogP contribution in [0.15, 0.2) is 73.1 Å². The summed E-state index contributed by atoms with van der Waals surface area (Å²) < 4.78 is 15.3. The Kier molecular flexibility index (Phi) is 4.90. The van der Waals surface area contributed by atoms with Crippen molar-refractivity contribution >= 4 is 5.52 Å². The Morgan fingerprint density at radius 2 is 1.79 bits per heavy atom. The summed E-state index contributed by atoms with van der Waals surface area (Å²) in [5.41, 5.74) is 16.0. The number of fused-ring (bicyclic) bond motifs is 1. The van der Waals surface area contributed by atoms with E-state index in [2.05, 4.69) is 4.98 Å². The maximum Gasteiger partial charge on any atom is 0.123 e. The fraction of sp³-hybridized carbons (Fsp3) is 0.182. The molecule has 4 aromatic rings. The Morgan fingerprint density at radius 1 is 1.00 bits per heavy atom.